The van der Waals surface area contributed by atoms with Crippen LogP contribution >= 0.6 is 0 Å². The second-order valence-electron chi connectivity index (χ2n) is 7.78. The van der Waals surface area contributed by atoms with E-state index in [1.165, 1.54) is 27.1 Å². The Morgan fingerprint density at radius 2 is 1.27 bits per heavy atom. The molecular weight excluding hydrogens is 384 g/mol. The van der Waals surface area contributed by atoms with Crippen molar-refractivity contribution in [3.05, 3.63) is 96.6 Å². The van der Waals surface area contributed by atoms with E-state index >= 15 is 0 Å². The first-order valence-corrected chi connectivity index (χ1v) is 11.8. The van der Waals surface area contributed by atoms with Gasteiger partial charge in [-0.2, -0.15) is 0 Å². The smallest absolute Gasteiger partial charge is 0.0862 e. The van der Waals surface area contributed by atoms with Gasteiger partial charge >= 0.3 is 0 Å². The van der Waals surface area contributed by atoms with E-state index in [1.54, 1.807) is 0 Å². The maximum Gasteiger partial charge on any atom is 0.0862 e. The van der Waals surface area contributed by atoms with Crippen LogP contribution < -0.4 is 0 Å². The number of hydrogen-bond acceptors (Lipinski definition) is 1. The summed E-state index contributed by atoms with van der Waals surface area (Å²) in [6, 6.07) is 31.3. The molecule has 0 saturated heterocycles. The van der Waals surface area contributed by atoms with Gasteiger partial charge in [0.15, 0.2) is 0 Å². The van der Waals surface area contributed by atoms with Gasteiger partial charge in [0.2, 0.25) is 0 Å². The normalized spacial score (nSPS) is 12.6. The van der Waals surface area contributed by atoms with Gasteiger partial charge in [0.05, 0.1) is 15.7 Å². The summed E-state index contributed by atoms with van der Waals surface area (Å²) in [6.45, 7) is 2.23. The van der Waals surface area contributed by atoms with Crippen LogP contribution in [0.4, 0.5) is 0 Å². The lowest BCUT2D eigenvalue weighted by molar-refractivity contribution is 0.684. The Hall–Kier alpha value is -2.97. The Bertz CT molecular complexity index is 1390. The minimum Gasteiger partial charge on any atom is -0.249 e. The van der Waals surface area contributed by atoms with Crippen LogP contribution in [0.5, 0.6) is 0 Å². The standard InChI is InChI=1S/C28H24OS/c1-2-3-15-24-23-16-9-10-17-25(23)28(30(29)22-13-5-4-6-14-22)27-19-21-12-8-7-11-20(21)18-26(24)27/h4-14,16-19H,2-3,15H2,1H3. The summed E-state index contributed by atoms with van der Waals surface area (Å²) < 4.78 is 13.8. The van der Waals surface area contributed by atoms with E-state index in [1.807, 2.05) is 30.3 Å². The first kappa shape index (κ1) is 19.0. The van der Waals surface area contributed by atoms with Crippen molar-refractivity contribution in [1.82, 2.24) is 0 Å². The maximum absolute atomic E-state index is 13.8. The van der Waals surface area contributed by atoms with Crippen molar-refractivity contribution < 1.29 is 4.21 Å². The van der Waals surface area contributed by atoms with Crippen molar-refractivity contribution in [3.8, 4) is 0 Å². The van der Waals surface area contributed by atoms with E-state index in [-0.39, 0.29) is 0 Å². The molecular formula is C28H24OS. The van der Waals surface area contributed by atoms with E-state index in [9.17, 15) is 4.21 Å². The highest BCUT2D eigenvalue weighted by molar-refractivity contribution is 7.85. The molecule has 0 fully saturated rings. The van der Waals surface area contributed by atoms with Crippen LogP contribution in [0, 0.1) is 0 Å². The number of aryl methyl sites for hydroxylation is 1. The Balaban J connectivity index is 1.94. The first-order chi connectivity index (χ1) is 14.8. The lowest BCUT2D eigenvalue weighted by atomic mass is 9.91. The number of fused-ring (bicyclic) bond motifs is 3. The SMILES string of the molecule is CCCCc1c2ccccc2c(S(=O)c2ccccc2)c2cc3ccccc3cc12. The molecule has 1 unspecified atom stereocenters. The maximum atomic E-state index is 13.8. The van der Waals surface area contributed by atoms with Gasteiger partial charge in [0.25, 0.3) is 0 Å². The average molecular weight is 409 g/mol. The summed E-state index contributed by atoms with van der Waals surface area (Å²) in [4.78, 5) is 1.77. The molecule has 30 heavy (non-hydrogen) atoms. The van der Waals surface area contributed by atoms with Crippen LogP contribution in [0.15, 0.2) is 101 Å². The second-order valence-corrected chi connectivity index (χ2v) is 9.20. The van der Waals surface area contributed by atoms with Gasteiger partial charge in [0, 0.05) is 4.90 Å². The van der Waals surface area contributed by atoms with Gasteiger partial charge in [-0.1, -0.05) is 80.1 Å². The zero-order valence-electron chi connectivity index (χ0n) is 17.1. The topological polar surface area (TPSA) is 17.1 Å². The summed E-state index contributed by atoms with van der Waals surface area (Å²) in [5.74, 6) is 0. The van der Waals surface area contributed by atoms with Crippen molar-refractivity contribution >= 4 is 43.1 Å². The molecule has 5 aromatic carbocycles. The van der Waals surface area contributed by atoms with Crippen molar-refractivity contribution in [3.63, 3.8) is 0 Å². The van der Waals surface area contributed by atoms with Crippen LogP contribution in [0.3, 0.4) is 0 Å². The molecule has 5 aromatic rings. The van der Waals surface area contributed by atoms with E-state index in [4.69, 9.17) is 0 Å². The first-order valence-electron chi connectivity index (χ1n) is 10.6. The van der Waals surface area contributed by atoms with Gasteiger partial charge in [-0.25, -0.2) is 4.21 Å². The summed E-state index contributed by atoms with van der Waals surface area (Å²) in [7, 11) is -1.25. The van der Waals surface area contributed by atoms with Crippen LogP contribution in [0.25, 0.3) is 32.3 Å². The highest BCUT2D eigenvalue weighted by Gasteiger charge is 2.19. The second kappa shape index (κ2) is 8.04. The summed E-state index contributed by atoms with van der Waals surface area (Å²) >= 11 is 0. The van der Waals surface area contributed by atoms with Crippen molar-refractivity contribution in [1.29, 1.82) is 0 Å². The quantitative estimate of drug-likeness (QED) is 0.273. The van der Waals surface area contributed by atoms with Gasteiger partial charge in [-0.15, -0.1) is 0 Å². The third kappa shape index (κ3) is 3.22. The molecule has 0 aliphatic rings. The zero-order chi connectivity index (χ0) is 20.5. The predicted octanol–water partition coefficient (Wildman–Crippen LogP) is 7.66. The van der Waals surface area contributed by atoms with Gasteiger partial charge in [-0.3, -0.25) is 0 Å². The molecule has 0 spiro atoms. The molecule has 0 bridgehead atoms. The molecule has 0 aromatic heterocycles. The van der Waals surface area contributed by atoms with Gasteiger partial charge < -0.3 is 0 Å². The van der Waals surface area contributed by atoms with Crippen molar-refractivity contribution in [2.45, 2.75) is 36.0 Å². The fraction of sp³-hybridized carbons (Fsp3) is 0.143. The molecule has 0 amide bonds. The van der Waals surface area contributed by atoms with E-state index in [2.05, 4.69) is 67.6 Å². The molecule has 0 radical (unpaired) electrons. The lowest BCUT2D eigenvalue weighted by Gasteiger charge is -2.17. The van der Waals surface area contributed by atoms with E-state index < -0.39 is 10.8 Å². The highest BCUT2D eigenvalue weighted by atomic mass is 32.2. The Kier molecular flexibility index (Phi) is 5.10. The monoisotopic (exact) mass is 408 g/mol. The van der Waals surface area contributed by atoms with Crippen LogP contribution in [-0.4, -0.2) is 4.21 Å². The molecule has 5 rings (SSSR count). The van der Waals surface area contributed by atoms with Gasteiger partial charge in [0.1, 0.15) is 0 Å². The van der Waals surface area contributed by atoms with Crippen LogP contribution in [0.1, 0.15) is 25.3 Å². The summed E-state index contributed by atoms with van der Waals surface area (Å²) in [5, 5.41) is 7.10. The number of benzene rings is 5. The van der Waals surface area contributed by atoms with Crippen LogP contribution in [0.2, 0.25) is 0 Å². The molecule has 0 aliphatic heterocycles. The fourth-order valence-electron chi connectivity index (χ4n) is 4.40. The van der Waals surface area contributed by atoms with Gasteiger partial charge in [-0.05, 0) is 75.0 Å². The molecule has 0 N–H and O–H groups in total. The Labute approximate surface area is 179 Å². The molecule has 148 valence electrons. The molecule has 0 saturated carbocycles. The minimum absolute atomic E-state index is 0.846. The Morgan fingerprint density at radius 1 is 0.667 bits per heavy atom. The third-order valence-electron chi connectivity index (χ3n) is 5.88. The average Bonchev–Trinajstić information content (AvgIpc) is 2.81. The zero-order valence-corrected chi connectivity index (χ0v) is 17.9. The highest BCUT2D eigenvalue weighted by Crippen LogP contribution is 2.39. The molecule has 1 nitrogen and oxygen atoms in total. The van der Waals surface area contributed by atoms with Crippen molar-refractivity contribution in [2.24, 2.45) is 0 Å². The Morgan fingerprint density at radius 3 is 1.97 bits per heavy atom. The third-order valence-corrected chi connectivity index (χ3v) is 7.39. The van der Waals surface area contributed by atoms with Crippen LogP contribution in [-0.2, 0) is 17.2 Å². The van der Waals surface area contributed by atoms with E-state index in [0.717, 1.165) is 39.8 Å². The summed E-state index contributed by atoms with van der Waals surface area (Å²) in [5.41, 5.74) is 1.38. The molecule has 2 heteroatoms. The number of hydrogen-bond donors (Lipinski definition) is 0. The lowest BCUT2D eigenvalue weighted by Crippen LogP contribution is -2.00. The molecule has 0 heterocycles. The van der Waals surface area contributed by atoms with E-state index in [0.29, 0.717) is 0 Å². The number of unbranched alkanes of at least 4 members (excludes halogenated alkanes) is 1. The largest absolute Gasteiger partial charge is 0.249 e. The van der Waals surface area contributed by atoms with Crippen molar-refractivity contribution in [2.75, 3.05) is 0 Å². The summed E-state index contributed by atoms with van der Waals surface area (Å²) in [6.07, 6.45) is 3.33. The molecule has 1 atom stereocenters. The molecule has 0 aliphatic carbocycles. The predicted molar refractivity (Wildman–Crippen MR) is 129 cm³/mol. The number of rotatable bonds is 5. The minimum atomic E-state index is -1.25. The fourth-order valence-corrected chi connectivity index (χ4v) is 5.78.